The maximum atomic E-state index is 13.0. The van der Waals surface area contributed by atoms with Gasteiger partial charge in [-0.3, -0.25) is 4.79 Å². The lowest BCUT2D eigenvalue weighted by molar-refractivity contribution is -0.118. The number of hydrogen-bond donors (Lipinski definition) is 1. The number of carbonyl (C=O) groups excluding carboxylic acids is 1. The smallest absolute Gasteiger partial charge is 0.229 e. The number of rotatable bonds is 10. The van der Waals surface area contributed by atoms with Crippen LogP contribution in [0.15, 0.2) is 36.5 Å². The normalized spacial score (nSPS) is 21.2. The Morgan fingerprint density at radius 2 is 1.76 bits per heavy atom. The van der Waals surface area contributed by atoms with Crippen LogP contribution in [0, 0.1) is 17.8 Å². The SMILES string of the molecule is COc1cccc(OC)c1-c1cn(COCC[Si](C)(C)C)c2nc(NC(=O)[C@@H]3[C@@H]4CN(C)C[C@@H]43)ccc12. The summed E-state index contributed by atoms with van der Waals surface area (Å²) in [7, 11) is 4.24. The summed E-state index contributed by atoms with van der Waals surface area (Å²) in [5.74, 6) is 3.13. The van der Waals surface area contributed by atoms with Crippen LogP contribution in [0.4, 0.5) is 5.82 Å². The molecular formula is C28H38N4O4Si. The number of likely N-dealkylation sites (tertiary alicyclic amines) is 1. The van der Waals surface area contributed by atoms with Crippen LogP contribution < -0.4 is 14.8 Å². The average molecular weight is 523 g/mol. The minimum atomic E-state index is -1.20. The molecule has 3 atom stereocenters. The molecule has 1 aromatic carbocycles. The number of methoxy groups -OCH3 is 2. The summed E-state index contributed by atoms with van der Waals surface area (Å²) in [4.78, 5) is 20.2. The first-order valence-corrected chi connectivity index (χ1v) is 16.7. The van der Waals surface area contributed by atoms with Crippen molar-refractivity contribution in [3.8, 4) is 22.6 Å². The first kappa shape index (κ1) is 25.8. The zero-order valence-corrected chi connectivity index (χ0v) is 23.7. The van der Waals surface area contributed by atoms with Crippen molar-refractivity contribution < 1.29 is 19.0 Å². The van der Waals surface area contributed by atoms with Gasteiger partial charge in [-0.2, -0.15) is 0 Å². The van der Waals surface area contributed by atoms with E-state index < -0.39 is 8.07 Å². The summed E-state index contributed by atoms with van der Waals surface area (Å²) in [5, 5.41) is 4.03. The maximum absolute atomic E-state index is 13.0. The fourth-order valence-corrected chi connectivity index (χ4v) is 6.28. The molecular weight excluding hydrogens is 484 g/mol. The van der Waals surface area contributed by atoms with E-state index in [-0.39, 0.29) is 11.8 Å². The van der Waals surface area contributed by atoms with Crippen molar-refractivity contribution in [1.82, 2.24) is 14.5 Å². The van der Waals surface area contributed by atoms with Crippen LogP contribution in [0.1, 0.15) is 0 Å². The number of hydrogen-bond acceptors (Lipinski definition) is 6. The van der Waals surface area contributed by atoms with E-state index in [9.17, 15) is 4.79 Å². The number of fused-ring (bicyclic) bond motifs is 2. The van der Waals surface area contributed by atoms with Gasteiger partial charge in [0.2, 0.25) is 5.91 Å². The van der Waals surface area contributed by atoms with Crippen LogP contribution in [-0.2, 0) is 16.3 Å². The molecule has 1 amide bonds. The number of pyridine rings is 1. The molecule has 1 aliphatic carbocycles. The van der Waals surface area contributed by atoms with Crippen LogP contribution in [0.3, 0.4) is 0 Å². The monoisotopic (exact) mass is 522 g/mol. The van der Waals surface area contributed by atoms with Crippen molar-refractivity contribution in [1.29, 1.82) is 0 Å². The van der Waals surface area contributed by atoms with Gasteiger partial charge in [-0.25, -0.2) is 4.98 Å². The van der Waals surface area contributed by atoms with Gasteiger partial charge in [0.05, 0.1) is 19.8 Å². The van der Waals surface area contributed by atoms with Gasteiger partial charge in [-0.1, -0.05) is 25.7 Å². The summed E-state index contributed by atoms with van der Waals surface area (Å²) in [6, 6.07) is 10.8. The lowest BCUT2D eigenvalue weighted by atomic mass is 10.0. The number of carbonyl (C=O) groups is 1. The average Bonchev–Trinajstić information content (AvgIpc) is 3.19. The van der Waals surface area contributed by atoms with E-state index in [2.05, 4.69) is 36.9 Å². The fourth-order valence-electron chi connectivity index (χ4n) is 5.52. The standard InChI is InChI=1S/C28H38N4O4Si/c1-31-14-19-20(15-31)25(19)28(33)30-24-11-10-18-21(26-22(34-2)8-7-9-23(26)35-3)16-32(27(18)29-24)17-36-12-13-37(4,5)6/h7-11,16,19-20,25H,12-15,17H2,1-6H3,(H,29,30,33)/t19-,20+,25-. The summed E-state index contributed by atoms with van der Waals surface area (Å²) in [6.07, 6.45) is 2.04. The quantitative estimate of drug-likeness (QED) is 0.305. The highest BCUT2D eigenvalue weighted by molar-refractivity contribution is 6.76. The van der Waals surface area contributed by atoms with Crippen LogP contribution >= 0.6 is 0 Å². The van der Waals surface area contributed by atoms with Crippen molar-refractivity contribution >= 4 is 30.8 Å². The molecule has 8 nitrogen and oxygen atoms in total. The first-order chi connectivity index (χ1) is 17.7. The van der Waals surface area contributed by atoms with Gasteiger partial charge in [-0.05, 0) is 49.2 Å². The number of benzene rings is 1. The first-order valence-electron chi connectivity index (χ1n) is 13.0. The van der Waals surface area contributed by atoms with Gasteiger partial charge in [0, 0.05) is 50.8 Å². The molecule has 2 aromatic heterocycles. The molecule has 198 valence electrons. The Bertz CT molecular complexity index is 1270. The second-order valence-electron chi connectivity index (χ2n) is 11.5. The minimum absolute atomic E-state index is 0.0751. The highest BCUT2D eigenvalue weighted by atomic mass is 28.3. The van der Waals surface area contributed by atoms with E-state index in [0.717, 1.165) is 52.8 Å². The van der Waals surface area contributed by atoms with Gasteiger partial charge in [0.25, 0.3) is 0 Å². The minimum Gasteiger partial charge on any atom is -0.496 e. The van der Waals surface area contributed by atoms with Crippen molar-refractivity contribution in [3.05, 3.63) is 36.5 Å². The molecule has 37 heavy (non-hydrogen) atoms. The van der Waals surface area contributed by atoms with E-state index in [1.807, 2.05) is 41.1 Å². The molecule has 2 aliphatic rings. The zero-order chi connectivity index (χ0) is 26.3. The van der Waals surface area contributed by atoms with E-state index in [0.29, 0.717) is 31.0 Å². The number of anilines is 1. The van der Waals surface area contributed by atoms with Crippen molar-refractivity contribution in [2.24, 2.45) is 17.8 Å². The number of nitrogens with one attached hydrogen (secondary N) is 1. The molecule has 9 heteroatoms. The molecule has 0 bridgehead atoms. The lowest BCUT2D eigenvalue weighted by Gasteiger charge is -2.15. The number of piperidine rings is 1. The van der Waals surface area contributed by atoms with Crippen molar-refractivity contribution in [3.63, 3.8) is 0 Å². The van der Waals surface area contributed by atoms with Gasteiger partial charge < -0.3 is 29.0 Å². The van der Waals surface area contributed by atoms with Crippen LogP contribution in [0.25, 0.3) is 22.2 Å². The Balaban J connectivity index is 1.46. The highest BCUT2D eigenvalue weighted by Crippen LogP contribution is 2.51. The van der Waals surface area contributed by atoms with E-state index in [1.165, 1.54) is 0 Å². The Labute approximate surface area is 219 Å². The number of amides is 1. The van der Waals surface area contributed by atoms with Gasteiger partial charge >= 0.3 is 0 Å². The third kappa shape index (κ3) is 5.25. The molecule has 2 fully saturated rings. The van der Waals surface area contributed by atoms with Crippen molar-refractivity contribution in [2.45, 2.75) is 32.4 Å². The molecule has 1 aliphatic heterocycles. The molecule has 0 radical (unpaired) electrons. The third-order valence-electron chi connectivity index (χ3n) is 7.58. The number of ether oxygens (including phenoxy) is 3. The van der Waals surface area contributed by atoms with Gasteiger partial charge in [0.1, 0.15) is 29.7 Å². The van der Waals surface area contributed by atoms with E-state index in [4.69, 9.17) is 19.2 Å². The van der Waals surface area contributed by atoms with Gasteiger partial charge in [-0.15, -0.1) is 0 Å². The summed E-state index contributed by atoms with van der Waals surface area (Å²) >= 11 is 0. The molecule has 1 N–H and O–H groups in total. The van der Waals surface area contributed by atoms with E-state index >= 15 is 0 Å². The third-order valence-corrected chi connectivity index (χ3v) is 9.28. The predicted octanol–water partition coefficient (Wildman–Crippen LogP) is 4.78. The molecule has 0 unspecified atom stereocenters. The molecule has 1 saturated carbocycles. The Morgan fingerprint density at radius 3 is 2.38 bits per heavy atom. The maximum Gasteiger partial charge on any atom is 0.229 e. The summed E-state index contributed by atoms with van der Waals surface area (Å²) in [5.41, 5.74) is 2.57. The summed E-state index contributed by atoms with van der Waals surface area (Å²) < 4.78 is 19.5. The molecule has 0 spiro atoms. The van der Waals surface area contributed by atoms with Crippen molar-refractivity contribution in [2.75, 3.05) is 46.3 Å². The second-order valence-corrected chi connectivity index (χ2v) is 17.2. The zero-order valence-electron chi connectivity index (χ0n) is 22.7. The fraction of sp³-hybridized carbons (Fsp3) is 0.500. The highest BCUT2D eigenvalue weighted by Gasteiger charge is 2.58. The Kier molecular flexibility index (Phi) is 7.04. The molecule has 1 saturated heterocycles. The summed E-state index contributed by atoms with van der Waals surface area (Å²) in [6.45, 7) is 10.1. The van der Waals surface area contributed by atoms with Gasteiger partial charge in [0.15, 0.2) is 0 Å². The molecule has 3 aromatic rings. The molecule has 5 rings (SSSR count). The second kappa shape index (κ2) is 10.1. The van der Waals surface area contributed by atoms with Crippen LogP contribution in [-0.4, -0.2) is 69.4 Å². The van der Waals surface area contributed by atoms with E-state index in [1.54, 1.807) is 14.2 Å². The number of aromatic nitrogens is 2. The Hall–Kier alpha value is -2.88. The Morgan fingerprint density at radius 1 is 1.08 bits per heavy atom. The topological polar surface area (TPSA) is 77.9 Å². The predicted molar refractivity (Wildman–Crippen MR) is 149 cm³/mol. The largest absolute Gasteiger partial charge is 0.496 e. The molecule has 3 heterocycles. The number of nitrogens with zero attached hydrogens (tertiary/aromatic N) is 3. The van der Waals surface area contributed by atoms with Crippen LogP contribution in [0.5, 0.6) is 11.5 Å². The van der Waals surface area contributed by atoms with Crippen LogP contribution in [0.2, 0.25) is 25.7 Å². The lowest BCUT2D eigenvalue weighted by Crippen LogP contribution is -2.25.